The molecule has 10 heavy (non-hydrogen) atoms. The Kier molecular flexibility index (Phi) is 2.02. The summed E-state index contributed by atoms with van der Waals surface area (Å²) in [6, 6.07) is 0.340. The van der Waals surface area contributed by atoms with Crippen LogP contribution in [-0.4, -0.2) is 23.3 Å². The van der Waals surface area contributed by atoms with Crippen molar-refractivity contribution in [2.75, 3.05) is 6.54 Å². The van der Waals surface area contributed by atoms with Crippen LogP contribution < -0.4 is 4.90 Å². The zero-order valence-corrected chi connectivity index (χ0v) is 6.85. The van der Waals surface area contributed by atoms with E-state index in [0.717, 1.165) is 13.0 Å². The predicted octanol–water partition coefficient (Wildman–Crippen LogP) is -0.404. The second-order valence-electron chi connectivity index (χ2n) is 3.76. The quantitative estimate of drug-likeness (QED) is 0.479. The fraction of sp³-hybridized carbons (Fsp3) is 0.875. The van der Waals surface area contributed by atoms with Gasteiger partial charge in [-0.2, -0.15) is 7.05 Å². The summed E-state index contributed by atoms with van der Waals surface area (Å²) >= 11 is 0. The highest BCUT2D eigenvalue weighted by molar-refractivity contribution is 4.79. The van der Waals surface area contributed by atoms with Gasteiger partial charge in [-0.05, 0) is 20.3 Å². The molecule has 0 aliphatic carbocycles. The molecule has 1 heterocycles. The predicted molar refractivity (Wildman–Crippen MR) is 40.5 cm³/mol. The van der Waals surface area contributed by atoms with Gasteiger partial charge in [-0.1, -0.05) is 0 Å². The smallest absolute Gasteiger partial charge is 0.108 e. The van der Waals surface area contributed by atoms with Crippen molar-refractivity contribution < 1.29 is 10.0 Å². The van der Waals surface area contributed by atoms with Gasteiger partial charge in [-0.15, -0.1) is 0 Å². The van der Waals surface area contributed by atoms with Crippen LogP contribution in [0.2, 0.25) is 0 Å². The summed E-state index contributed by atoms with van der Waals surface area (Å²) in [5, 5.41) is 9.63. The number of nitrogens with one attached hydrogen (secondary N) is 1. The van der Waals surface area contributed by atoms with E-state index >= 15 is 0 Å². The molecule has 2 nitrogen and oxygen atoms in total. The highest BCUT2D eigenvalue weighted by Crippen LogP contribution is 2.13. The Morgan fingerprint density at radius 1 is 1.60 bits per heavy atom. The first-order valence-corrected chi connectivity index (χ1v) is 3.92. The minimum Gasteiger partial charge on any atom is -0.463 e. The molecule has 2 N–H and O–H groups in total. The summed E-state index contributed by atoms with van der Waals surface area (Å²) in [5.41, 5.74) is -0.548. The summed E-state index contributed by atoms with van der Waals surface area (Å²) in [4.78, 5) is 1.23. The first-order chi connectivity index (χ1) is 4.52. The lowest BCUT2D eigenvalue weighted by Gasteiger charge is -2.32. The number of aliphatic hydroxyl groups is 1. The van der Waals surface area contributed by atoms with E-state index in [2.05, 4.69) is 7.05 Å². The molecule has 0 aromatic rings. The molecule has 1 fully saturated rings. The fourth-order valence-corrected chi connectivity index (χ4v) is 1.76. The van der Waals surface area contributed by atoms with Crippen LogP contribution in [0.25, 0.3) is 0 Å². The van der Waals surface area contributed by atoms with Gasteiger partial charge in [-0.25, -0.2) is 0 Å². The minimum atomic E-state index is -0.548. The normalized spacial score (nSPS) is 34.8. The molecule has 0 aromatic carbocycles. The summed E-state index contributed by atoms with van der Waals surface area (Å²) in [7, 11) is 3.94. The van der Waals surface area contributed by atoms with E-state index in [-0.39, 0.29) is 0 Å². The highest BCUT2D eigenvalue weighted by atomic mass is 16.3. The molecule has 2 atom stereocenters. The number of likely N-dealkylation sites (tertiary alicyclic amines) is 1. The number of quaternary nitrogens is 1. The van der Waals surface area contributed by atoms with Crippen molar-refractivity contribution in [3.63, 3.8) is 0 Å². The number of hydrogen-bond acceptors (Lipinski definition) is 1. The fourth-order valence-electron chi connectivity index (χ4n) is 1.76. The Labute approximate surface area is 62.8 Å². The van der Waals surface area contributed by atoms with Crippen molar-refractivity contribution >= 4 is 0 Å². The van der Waals surface area contributed by atoms with E-state index in [0.29, 0.717) is 6.04 Å². The van der Waals surface area contributed by atoms with Crippen molar-refractivity contribution in [1.82, 2.24) is 0 Å². The maximum absolute atomic E-state index is 9.63. The minimum absolute atomic E-state index is 0.340. The Morgan fingerprint density at radius 2 is 2.20 bits per heavy atom. The molecule has 60 valence electrons. The van der Waals surface area contributed by atoms with Gasteiger partial charge in [0.1, 0.15) is 5.60 Å². The molecule has 0 radical (unpaired) electrons. The average molecular weight is 143 g/mol. The van der Waals surface area contributed by atoms with Crippen LogP contribution in [-0.2, 0) is 0 Å². The van der Waals surface area contributed by atoms with Gasteiger partial charge in [0.2, 0.25) is 0 Å². The summed E-state index contributed by atoms with van der Waals surface area (Å²) in [6.45, 7) is 4.84. The van der Waals surface area contributed by atoms with Gasteiger partial charge in [0.25, 0.3) is 0 Å². The van der Waals surface area contributed by atoms with Gasteiger partial charge in [0.15, 0.2) is 0 Å². The van der Waals surface area contributed by atoms with Crippen LogP contribution in [0.4, 0.5) is 0 Å². The van der Waals surface area contributed by atoms with Crippen molar-refractivity contribution in [3.05, 3.63) is 7.05 Å². The zero-order valence-electron chi connectivity index (χ0n) is 6.85. The van der Waals surface area contributed by atoms with Gasteiger partial charge < -0.3 is 10.0 Å². The molecule has 0 bridgehead atoms. The third kappa shape index (κ3) is 1.50. The Balaban J connectivity index is 2.55. The van der Waals surface area contributed by atoms with E-state index in [1.165, 1.54) is 11.3 Å². The lowest BCUT2D eigenvalue weighted by molar-refractivity contribution is -0.874. The van der Waals surface area contributed by atoms with Crippen LogP contribution >= 0.6 is 0 Å². The van der Waals surface area contributed by atoms with Crippen LogP contribution in [0, 0.1) is 7.05 Å². The van der Waals surface area contributed by atoms with Gasteiger partial charge in [-0.3, -0.25) is 0 Å². The molecule has 0 aromatic heterocycles. The maximum Gasteiger partial charge on any atom is 0.108 e. The lowest BCUT2D eigenvalue weighted by Crippen LogP contribution is -3.10. The van der Waals surface area contributed by atoms with E-state index in [4.69, 9.17) is 0 Å². The summed E-state index contributed by atoms with van der Waals surface area (Å²) < 4.78 is 0. The largest absolute Gasteiger partial charge is 0.463 e. The Bertz CT molecular complexity index is 117. The molecular weight excluding hydrogens is 126 g/mol. The highest BCUT2D eigenvalue weighted by Gasteiger charge is 2.34. The third-order valence-electron chi connectivity index (χ3n) is 2.34. The van der Waals surface area contributed by atoms with E-state index in [1.54, 1.807) is 0 Å². The Hall–Kier alpha value is -0.0800. The van der Waals surface area contributed by atoms with Crippen molar-refractivity contribution in [3.8, 4) is 0 Å². The second-order valence-corrected chi connectivity index (χ2v) is 3.76. The van der Waals surface area contributed by atoms with E-state index in [9.17, 15) is 5.11 Å². The third-order valence-corrected chi connectivity index (χ3v) is 2.34. The van der Waals surface area contributed by atoms with Crippen LogP contribution in [0.5, 0.6) is 0 Å². The van der Waals surface area contributed by atoms with Crippen LogP contribution in [0.3, 0.4) is 0 Å². The molecule has 1 saturated heterocycles. The molecule has 1 aliphatic heterocycles. The SMILES string of the molecule is [CH2-][NH+]1CCC[C@H]1C(C)(C)O. The maximum atomic E-state index is 9.63. The molecule has 1 unspecified atom stereocenters. The average Bonchev–Trinajstić information content (AvgIpc) is 2.11. The van der Waals surface area contributed by atoms with Crippen molar-refractivity contribution in [2.45, 2.75) is 38.3 Å². The molecule has 2 heteroatoms. The van der Waals surface area contributed by atoms with Gasteiger partial charge in [0.05, 0.1) is 12.6 Å². The number of rotatable bonds is 1. The second kappa shape index (κ2) is 2.51. The van der Waals surface area contributed by atoms with Crippen molar-refractivity contribution in [1.29, 1.82) is 0 Å². The molecule has 0 saturated carbocycles. The first-order valence-electron chi connectivity index (χ1n) is 3.92. The van der Waals surface area contributed by atoms with E-state index < -0.39 is 5.60 Å². The zero-order chi connectivity index (χ0) is 7.78. The van der Waals surface area contributed by atoms with Gasteiger partial charge >= 0.3 is 0 Å². The summed E-state index contributed by atoms with van der Waals surface area (Å²) in [5.74, 6) is 0. The molecule has 0 spiro atoms. The molecular formula is C8H17NO. The van der Waals surface area contributed by atoms with Gasteiger partial charge in [0, 0.05) is 6.42 Å². The molecule has 0 amide bonds. The van der Waals surface area contributed by atoms with E-state index in [1.807, 2.05) is 13.8 Å². The van der Waals surface area contributed by atoms with Crippen LogP contribution in [0.1, 0.15) is 26.7 Å². The molecule has 1 aliphatic rings. The van der Waals surface area contributed by atoms with Crippen LogP contribution in [0.15, 0.2) is 0 Å². The topological polar surface area (TPSA) is 24.7 Å². The lowest BCUT2D eigenvalue weighted by atomic mass is 9.97. The standard InChI is InChI=1S/C8H17NO/c1-8(2,10)7-5-4-6-9(7)3/h7,9-10H,3-6H2,1-2H3/t7-/m0/s1. The van der Waals surface area contributed by atoms with Crippen molar-refractivity contribution in [2.24, 2.45) is 0 Å². The summed E-state index contributed by atoms with van der Waals surface area (Å²) in [6.07, 6.45) is 2.32. The molecule has 1 rings (SSSR count). The Morgan fingerprint density at radius 3 is 2.40 bits per heavy atom. The number of hydrogen-bond donors (Lipinski definition) is 2. The monoisotopic (exact) mass is 143 g/mol. The first kappa shape index (κ1) is 8.02.